The molecular formula is C37H66NO7S+. The van der Waals surface area contributed by atoms with Gasteiger partial charge in [-0.3, -0.25) is 4.79 Å². The number of aryl methyl sites for hydroxylation is 1. The first-order valence-electron chi connectivity index (χ1n) is 18.3. The molecule has 0 bridgehead atoms. The van der Waals surface area contributed by atoms with Gasteiger partial charge in [0.05, 0.1) is 12.7 Å². The number of ether oxygens (including phenoxy) is 3. The van der Waals surface area contributed by atoms with Crippen molar-refractivity contribution in [2.75, 3.05) is 33.0 Å². The van der Waals surface area contributed by atoms with Crippen molar-refractivity contribution < 1.29 is 38.6 Å². The van der Waals surface area contributed by atoms with Gasteiger partial charge in [0.15, 0.2) is 18.9 Å². The van der Waals surface area contributed by atoms with Crippen LogP contribution in [-0.2, 0) is 36.8 Å². The average molecular weight is 669 g/mol. The molecule has 2 N–H and O–H groups in total. The number of thiol groups is 1. The summed E-state index contributed by atoms with van der Waals surface area (Å²) in [4.78, 5) is 21.8. The summed E-state index contributed by atoms with van der Waals surface area (Å²) in [6.07, 6.45) is 28.2. The lowest BCUT2D eigenvalue weighted by molar-refractivity contribution is -0.698. The van der Waals surface area contributed by atoms with Crippen LogP contribution in [0.5, 0.6) is 0 Å². The van der Waals surface area contributed by atoms with E-state index in [1.54, 1.807) is 0 Å². The van der Waals surface area contributed by atoms with Crippen LogP contribution >= 0.6 is 12.6 Å². The highest BCUT2D eigenvalue weighted by molar-refractivity contribution is 7.81. The number of unbranched alkanes of at least 4 members (excludes halogenated alkanes) is 16. The van der Waals surface area contributed by atoms with E-state index in [4.69, 9.17) is 24.4 Å². The molecule has 0 aromatic carbocycles. The van der Waals surface area contributed by atoms with E-state index >= 15 is 0 Å². The minimum absolute atomic E-state index is 0.188. The Labute approximate surface area is 285 Å². The second-order valence-corrected chi connectivity index (χ2v) is 13.3. The van der Waals surface area contributed by atoms with Crippen LogP contribution in [-0.4, -0.2) is 66.5 Å². The van der Waals surface area contributed by atoms with Gasteiger partial charge in [0.25, 0.3) is 0 Å². The topological polar surface area (TPSA) is 106 Å². The minimum Gasteiger partial charge on any atom is -0.481 e. The molecule has 0 aliphatic rings. The first kappa shape index (κ1) is 42.3. The Hall–Kier alpha value is -1.68. The molecule has 1 heterocycles. The Balaban J connectivity index is 2.10. The average Bonchev–Trinajstić information content (AvgIpc) is 3.03. The predicted molar refractivity (Wildman–Crippen MR) is 188 cm³/mol. The lowest BCUT2D eigenvalue weighted by atomic mass is 10.0. The molecular weight excluding hydrogens is 602 g/mol. The number of carboxylic acid groups (broad SMARTS) is 2. The fraction of sp³-hybridized carbons (Fsp3) is 0.811. The molecule has 0 aliphatic carbocycles. The van der Waals surface area contributed by atoms with Crippen LogP contribution in [0.3, 0.4) is 0 Å². The molecule has 0 spiro atoms. The van der Waals surface area contributed by atoms with E-state index in [1.165, 1.54) is 95.5 Å². The zero-order chi connectivity index (χ0) is 33.5. The van der Waals surface area contributed by atoms with E-state index in [2.05, 4.69) is 36.4 Å². The Morgan fingerprint density at radius 3 is 1.96 bits per heavy atom. The second-order valence-electron chi connectivity index (χ2n) is 12.6. The number of hydrogen-bond acceptors (Lipinski definition) is 6. The van der Waals surface area contributed by atoms with Crippen molar-refractivity contribution >= 4 is 24.6 Å². The Kier molecular flexibility index (Phi) is 28.2. The summed E-state index contributed by atoms with van der Waals surface area (Å²) < 4.78 is 19.4. The summed E-state index contributed by atoms with van der Waals surface area (Å²) >= 11 is 4.68. The highest BCUT2D eigenvalue weighted by atomic mass is 32.1. The molecule has 2 atom stereocenters. The highest BCUT2D eigenvalue weighted by Crippen LogP contribution is 2.15. The number of carbonyl (C=O) groups is 2. The summed E-state index contributed by atoms with van der Waals surface area (Å²) in [6.45, 7) is 4.64. The van der Waals surface area contributed by atoms with E-state index in [1.807, 2.05) is 12.3 Å². The van der Waals surface area contributed by atoms with Crippen LogP contribution in [0.25, 0.3) is 0 Å². The van der Waals surface area contributed by atoms with Crippen molar-refractivity contribution in [1.82, 2.24) is 0 Å². The van der Waals surface area contributed by atoms with Crippen LogP contribution in [0.15, 0.2) is 24.5 Å². The molecule has 1 rings (SSSR count). The molecule has 0 fully saturated rings. The Bertz CT molecular complexity index is 872. The monoisotopic (exact) mass is 668 g/mol. The lowest BCUT2D eigenvalue weighted by Crippen LogP contribution is -2.36. The SMILES string of the molecule is CCCCCCCCCCCCCCCCCCOCC(OCC(=O)O)C(S)CCOCC[n+]1cccc(CCCCC(=O)O)c1. The van der Waals surface area contributed by atoms with Gasteiger partial charge in [-0.25, -0.2) is 9.36 Å². The largest absolute Gasteiger partial charge is 0.481 e. The van der Waals surface area contributed by atoms with Gasteiger partial charge in [-0.2, -0.15) is 12.6 Å². The molecule has 0 saturated carbocycles. The van der Waals surface area contributed by atoms with E-state index < -0.39 is 18.0 Å². The molecule has 0 amide bonds. The van der Waals surface area contributed by atoms with Gasteiger partial charge in [0, 0.05) is 36.5 Å². The van der Waals surface area contributed by atoms with E-state index in [0.717, 1.165) is 25.7 Å². The lowest BCUT2D eigenvalue weighted by Gasteiger charge is -2.23. The number of rotatable bonds is 34. The zero-order valence-corrected chi connectivity index (χ0v) is 29.8. The Morgan fingerprint density at radius 2 is 1.37 bits per heavy atom. The van der Waals surface area contributed by atoms with Crippen LogP contribution in [0.4, 0.5) is 0 Å². The van der Waals surface area contributed by atoms with Crippen LogP contribution in [0.1, 0.15) is 141 Å². The maximum atomic E-state index is 11.1. The molecule has 266 valence electrons. The number of aromatic nitrogens is 1. The van der Waals surface area contributed by atoms with Gasteiger partial charge in [-0.05, 0) is 38.2 Å². The smallest absolute Gasteiger partial charge is 0.329 e. The summed E-state index contributed by atoms with van der Waals surface area (Å²) in [5, 5.41) is 17.7. The summed E-state index contributed by atoms with van der Waals surface area (Å²) in [6, 6.07) is 4.06. The maximum Gasteiger partial charge on any atom is 0.329 e. The van der Waals surface area contributed by atoms with Gasteiger partial charge in [0.2, 0.25) is 0 Å². The fourth-order valence-electron chi connectivity index (χ4n) is 5.53. The van der Waals surface area contributed by atoms with Gasteiger partial charge in [0.1, 0.15) is 13.2 Å². The van der Waals surface area contributed by atoms with Crippen molar-refractivity contribution in [2.45, 2.75) is 160 Å². The highest BCUT2D eigenvalue weighted by Gasteiger charge is 2.20. The molecule has 46 heavy (non-hydrogen) atoms. The molecule has 8 nitrogen and oxygen atoms in total. The van der Waals surface area contributed by atoms with E-state index in [-0.39, 0.29) is 18.3 Å². The van der Waals surface area contributed by atoms with Crippen molar-refractivity contribution in [3.8, 4) is 0 Å². The summed E-state index contributed by atoms with van der Waals surface area (Å²) in [7, 11) is 0. The molecule has 9 heteroatoms. The molecule has 2 unspecified atom stereocenters. The number of aliphatic carboxylic acids is 2. The van der Waals surface area contributed by atoms with Crippen LogP contribution in [0.2, 0.25) is 0 Å². The maximum absolute atomic E-state index is 11.1. The van der Waals surface area contributed by atoms with Gasteiger partial charge in [-0.15, -0.1) is 0 Å². The molecule has 0 saturated heterocycles. The second kappa shape index (κ2) is 30.6. The van der Waals surface area contributed by atoms with Crippen LogP contribution in [0, 0.1) is 0 Å². The normalized spacial score (nSPS) is 12.7. The van der Waals surface area contributed by atoms with Crippen molar-refractivity contribution in [3.05, 3.63) is 30.1 Å². The number of nitrogens with zero attached hydrogens (tertiary/aromatic N) is 1. The Morgan fingerprint density at radius 1 is 0.761 bits per heavy atom. The van der Waals surface area contributed by atoms with Gasteiger partial charge >= 0.3 is 11.9 Å². The number of hydrogen-bond donors (Lipinski definition) is 3. The van der Waals surface area contributed by atoms with Crippen molar-refractivity contribution in [1.29, 1.82) is 0 Å². The van der Waals surface area contributed by atoms with Gasteiger partial charge < -0.3 is 24.4 Å². The quantitative estimate of drug-likeness (QED) is 0.0386. The van der Waals surface area contributed by atoms with E-state index in [0.29, 0.717) is 45.8 Å². The van der Waals surface area contributed by atoms with Crippen molar-refractivity contribution in [2.24, 2.45) is 0 Å². The fourth-order valence-corrected chi connectivity index (χ4v) is 5.81. The summed E-state index contributed by atoms with van der Waals surface area (Å²) in [5.41, 5.74) is 1.18. The van der Waals surface area contributed by atoms with Gasteiger partial charge in [-0.1, -0.05) is 103 Å². The third kappa shape index (κ3) is 26.4. The third-order valence-electron chi connectivity index (χ3n) is 8.35. The van der Waals surface area contributed by atoms with Crippen LogP contribution < -0.4 is 4.57 Å². The molecule has 1 aromatic rings. The van der Waals surface area contributed by atoms with E-state index in [9.17, 15) is 9.59 Å². The molecule has 1 aromatic heterocycles. The third-order valence-corrected chi connectivity index (χ3v) is 8.94. The first-order valence-corrected chi connectivity index (χ1v) is 18.8. The first-order chi connectivity index (χ1) is 22.4. The summed E-state index contributed by atoms with van der Waals surface area (Å²) in [5.74, 6) is -1.75. The van der Waals surface area contributed by atoms with Crippen molar-refractivity contribution in [3.63, 3.8) is 0 Å². The predicted octanol–water partition coefficient (Wildman–Crippen LogP) is 8.22. The minimum atomic E-state index is -0.999. The molecule has 0 radical (unpaired) electrons. The zero-order valence-electron chi connectivity index (χ0n) is 28.9. The number of pyridine rings is 1. The number of carboxylic acids is 2. The molecule has 0 aliphatic heterocycles. The standard InChI is InChI=1S/C37H65NO7S/c1-2-3-4-5-6-7-8-9-10-11-12-13-14-15-16-19-27-44-31-34(45-32-37(41)42)35(46)24-28-43-29-26-38-25-20-22-33(30-38)21-17-18-23-36(39)40/h20,22,25,30,34-35H,2-19,21,23-24,26-29,31-32H2,1H3,(H2-,39,40,41,42,46)/p+1.